The lowest BCUT2D eigenvalue weighted by molar-refractivity contribution is 0.0986. The van der Waals surface area contributed by atoms with E-state index in [1.165, 1.54) is 5.56 Å². The molecule has 1 aromatic carbocycles. The fraction of sp³-hybridized carbons (Fsp3) is 0.286. The Morgan fingerprint density at radius 3 is 2.76 bits per heavy atom. The number of fused-ring (bicyclic) bond motifs is 1. The predicted molar refractivity (Wildman–Crippen MR) is 116 cm³/mol. The summed E-state index contributed by atoms with van der Waals surface area (Å²) < 4.78 is 7.59. The molecule has 29 heavy (non-hydrogen) atoms. The molecule has 1 fully saturated rings. The maximum absolute atomic E-state index is 5.57. The highest BCUT2D eigenvalue weighted by molar-refractivity contribution is 5.90. The van der Waals surface area contributed by atoms with Gasteiger partial charge in [0.15, 0.2) is 0 Å². The van der Waals surface area contributed by atoms with Crippen molar-refractivity contribution < 1.29 is 4.74 Å². The quantitative estimate of drug-likeness (QED) is 0.557. The van der Waals surface area contributed by atoms with E-state index in [2.05, 4.69) is 46.3 Å². The zero-order valence-corrected chi connectivity index (χ0v) is 17.0. The van der Waals surface area contributed by atoms with Gasteiger partial charge in [-0.3, -0.25) is 9.78 Å². The molecule has 3 aromatic heterocycles. The first-order chi connectivity index (χ1) is 13.8. The number of hydrogen-bond donors (Lipinski definition) is 1. The summed E-state index contributed by atoms with van der Waals surface area (Å²) in [5.74, 6) is 0.961. The Kier molecular flexibility index (Phi) is 5.51. The number of nitrogens with zero attached hydrogens (tertiary/aromatic N) is 5. The van der Waals surface area contributed by atoms with Crippen LogP contribution in [0.15, 0.2) is 54.7 Å². The van der Waals surface area contributed by atoms with Crippen molar-refractivity contribution in [3.05, 3.63) is 60.3 Å². The smallest absolute Gasteiger partial charge is 0.136 e. The SMILES string of the molecule is C[C@@H]1COCCN1c1ccc2c(n1)c(-c1ccn[nH]1)nn2Cc1ccccc1.Cl. The standard InChI is InChI=1S/C21H22N6O.ClH/c1-15-14-28-12-11-26(15)19-8-7-18-21(23-19)20(17-9-10-22-24-17)25-27(18)13-16-5-3-2-4-6-16;/h2-10,15H,11-14H2,1H3,(H,22,24);1H/t15-;/m1./s1. The maximum atomic E-state index is 5.57. The molecule has 0 spiro atoms. The van der Waals surface area contributed by atoms with Crippen molar-refractivity contribution >= 4 is 29.3 Å². The number of morpholine rings is 1. The normalized spacial score (nSPS) is 16.7. The van der Waals surface area contributed by atoms with E-state index < -0.39 is 0 Å². The highest BCUT2D eigenvalue weighted by atomic mass is 35.5. The molecule has 0 radical (unpaired) electrons. The number of halogens is 1. The summed E-state index contributed by atoms with van der Waals surface area (Å²) in [6.07, 6.45) is 1.74. The third kappa shape index (κ3) is 3.71. The van der Waals surface area contributed by atoms with Gasteiger partial charge < -0.3 is 9.64 Å². The average molecular weight is 411 g/mol. The van der Waals surface area contributed by atoms with Crippen molar-refractivity contribution in [1.82, 2.24) is 25.0 Å². The molecule has 4 aromatic rings. The molecule has 0 bridgehead atoms. The maximum Gasteiger partial charge on any atom is 0.136 e. The predicted octanol–water partition coefficient (Wildman–Crippen LogP) is 3.52. The molecule has 8 heteroatoms. The van der Waals surface area contributed by atoms with Gasteiger partial charge in [0.1, 0.15) is 17.0 Å². The molecule has 0 amide bonds. The number of anilines is 1. The number of ether oxygens (including phenoxy) is 1. The minimum Gasteiger partial charge on any atom is -0.377 e. The number of benzene rings is 1. The fourth-order valence-corrected chi connectivity index (χ4v) is 3.72. The molecule has 7 nitrogen and oxygen atoms in total. The number of H-pyrrole nitrogens is 1. The molecule has 1 aliphatic rings. The average Bonchev–Trinajstić information content (AvgIpc) is 3.37. The lowest BCUT2D eigenvalue weighted by Gasteiger charge is -2.34. The second-order valence-corrected chi connectivity index (χ2v) is 7.12. The van der Waals surface area contributed by atoms with E-state index in [-0.39, 0.29) is 12.4 Å². The van der Waals surface area contributed by atoms with Gasteiger partial charge in [-0.1, -0.05) is 30.3 Å². The molecule has 1 N–H and O–H groups in total. The Morgan fingerprint density at radius 2 is 2.00 bits per heavy atom. The Morgan fingerprint density at radius 1 is 1.14 bits per heavy atom. The first-order valence-electron chi connectivity index (χ1n) is 9.55. The van der Waals surface area contributed by atoms with Crippen molar-refractivity contribution in [1.29, 1.82) is 0 Å². The van der Waals surface area contributed by atoms with Gasteiger partial charge in [0.25, 0.3) is 0 Å². The molecular weight excluding hydrogens is 388 g/mol. The second kappa shape index (κ2) is 8.23. The van der Waals surface area contributed by atoms with Gasteiger partial charge in [0, 0.05) is 12.7 Å². The third-order valence-electron chi connectivity index (χ3n) is 5.18. The summed E-state index contributed by atoms with van der Waals surface area (Å²) in [6, 6.07) is 16.8. The Balaban J connectivity index is 0.00000205. The number of aromatic amines is 1. The summed E-state index contributed by atoms with van der Waals surface area (Å²) in [6.45, 7) is 5.16. The van der Waals surface area contributed by atoms with Crippen LogP contribution in [0, 0.1) is 0 Å². The van der Waals surface area contributed by atoms with Crippen LogP contribution >= 0.6 is 12.4 Å². The molecule has 4 heterocycles. The van der Waals surface area contributed by atoms with Crippen molar-refractivity contribution in [3.63, 3.8) is 0 Å². The van der Waals surface area contributed by atoms with E-state index in [0.717, 1.165) is 48.0 Å². The number of aromatic nitrogens is 5. The minimum atomic E-state index is 0. The van der Waals surface area contributed by atoms with Crippen LogP contribution in [0.5, 0.6) is 0 Å². The highest BCUT2D eigenvalue weighted by Crippen LogP contribution is 2.29. The summed E-state index contributed by atoms with van der Waals surface area (Å²) in [7, 11) is 0. The third-order valence-corrected chi connectivity index (χ3v) is 5.18. The lowest BCUT2D eigenvalue weighted by Crippen LogP contribution is -2.44. The first-order valence-corrected chi connectivity index (χ1v) is 9.55. The van der Waals surface area contributed by atoms with Gasteiger partial charge in [-0.25, -0.2) is 4.98 Å². The van der Waals surface area contributed by atoms with Crippen LogP contribution in [0.3, 0.4) is 0 Å². The summed E-state index contributed by atoms with van der Waals surface area (Å²) in [4.78, 5) is 7.31. The number of nitrogens with one attached hydrogen (secondary N) is 1. The van der Waals surface area contributed by atoms with Crippen LogP contribution in [0.2, 0.25) is 0 Å². The van der Waals surface area contributed by atoms with E-state index in [0.29, 0.717) is 12.6 Å². The molecule has 0 unspecified atom stereocenters. The monoisotopic (exact) mass is 410 g/mol. The van der Waals surface area contributed by atoms with Gasteiger partial charge >= 0.3 is 0 Å². The molecule has 150 valence electrons. The summed E-state index contributed by atoms with van der Waals surface area (Å²) >= 11 is 0. The zero-order valence-electron chi connectivity index (χ0n) is 16.2. The molecule has 0 saturated carbocycles. The topological polar surface area (TPSA) is 71.9 Å². The fourth-order valence-electron chi connectivity index (χ4n) is 3.72. The van der Waals surface area contributed by atoms with E-state index in [1.54, 1.807) is 6.20 Å². The molecule has 1 atom stereocenters. The van der Waals surface area contributed by atoms with Crippen molar-refractivity contribution in [2.24, 2.45) is 0 Å². The highest BCUT2D eigenvalue weighted by Gasteiger charge is 2.22. The van der Waals surface area contributed by atoms with Crippen LogP contribution < -0.4 is 4.90 Å². The van der Waals surface area contributed by atoms with Gasteiger partial charge in [0.05, 0.1) is 37.0 Å². The number of pyridine rings is 1. The Bertz CT molecular complexity index is 1080. The lowest BCUT2D eigenvalue weighted by atomic mass is 10.2. The summed E-state index contributed by atoms with van der Waals surface area (Å²) in [5.41, 5.74) is 4.80. The zero-order chi connectivity index (χ0) is 18.9. The molecule has 5 rings (SSSR count). The van der Waals surface area contributed by atoms with Gasteiger partial charge in [-0.2, -0.15) is 10.2 Å². The first kappa shape index (κ1) is 19.4. The number of hydrogen-bond acceptors (Lipinski definition) is 5. The number of rotatable bonds is 4. The van der Waals surface area contributed by atoms with Crippen LogP contribution in [0.25, 0.3) is 22.4 Å². The van der Waals surface area contributed by atoms with Crippen LogP contribution in [-0.2, 0) is 11.3 Å². The Labute approximate surface area is 175 Å². The molecule has 0 aliphatic carbocycles. The van der Waals surface area contributed by atoms with E-state index in [4.69, 9.17) is 14.8 Å². The van der Waals surface area contributed by atoms with Crippen molar-refractivity contribution in [2.45, 2.75) is 19.5 Å². The molecule has 1 aliphatic heterocycles. The van der Waals surface area contributed by atoms with Crippen LogP contribution in [0.4, 0.5) is 5.82 Å². The van der Waals surface area contributed by atoms with Gasteiger partial charge in [0.2, 0.25) is 0 Å². The van der Waals surface area contributed by atoms with E-state index in [9.17, 15) is 0 Å². The largest absolute Gasteiger partial charge is 0.377 e. The van der Waals surface area contributed by atoms with Crippen LogP contribution in [0.1, 0.15) is 12.5 Å². The van der Waals surface area contributed by atoms with Crippen LogP contribution in [-0.4, -0.2) is 50.8 Å². The second-order valence-electron chi connectivity index (χ2n) is 7.12. The van der Waals surface area contributed by atoms with E-state index in [1.807, 2.05) is 28.9 Å². The minimum absolute atomic E-state index is 0. The molecule has 1 saturated heterocycles. The summed E-state index contributed by atoms with van der Waals surface area (Å²) in [5, 5.41) is 12.0. The van der Waals surface area contributed by atoms with Gasteiger partial charge in [-0.05, 0) is 30.7 Å². The van der Waals surface area contributed by atoms with Crippen molar-refractivity contribution in [2.75, 3.05) is 24.7 Å². The Hall–Kier alpha value is -2.90. The van der Waals surface area contributed by atoms with Crippen molar-refractivity contribution in [3.8, 4) is 11.4 Å². The van der Waals surface area contributed by atoms with Gasteiger partial charge in [-0.15, -0.1) is 12.4 Å². The van der Waals surface area contributed by atoms with E-state index >= 15 is 0 Å². The molecular formula is C21H23ClN6O.